The lowest BCUT2D eigenvalue weighted by Crippen LogP contribution is -2.48. The summed E-state index contributed by atoms with van der Waals surface area (Å²) < 4.78 is 0. The molecule has 1 saturated heterocycles. The molecular formula is C16H26N4O. The van der Waals surface area contributed by atoms with Crippen LogP contribution in [-0.4, -0.2) is 29.5 Å². The van der Waals surface area contributed by atoms with Crippen LogP contribution in [0.4, 0.5) is 11.5 Å². The molecule has 0 spiro atoms. The Labute approximate surface area is 126 Å². The standard InChI is InChI=1S/C16H26N4O/c1-3-9-16(2,17)15(21)19-14-8-7-13(12-18-14)20-10-5-4-6-11-20/h7-8,12H,3-6,9-11,17H2,1-2H3,(H,18,19,21). The van der Waals surface area contributed by atoms with E-state index < -0.39 is 5.54 Å². The van der Waals surface area contributed by atoms with E-state index in [2.05, 4.69) is 15.2 Å². The molecule has 0 aromatic carbocycles. The summed E-state index contributed by atoms with van der Waals surface area (Å²) in [6, 6.07) is 3.87. The van der Waals surface area contributed by atoms with Crippen molar-refractivity contribution < 1.29 is 4.79 Å². The van der Waals surface area contributed by atoms with Gasteiger partial charge in [-0.25, -0.2) is 4.98 Å². The summed E-state index contributed by atoms with van der Waals surface area (Å²) in [5.74, 6) is 0.385. The highest BCUT2D eigenvalue weighted by Gasteiger charge is 2.27. The number of carbonyl (C=O) groups excluding carboxylic acids is 1. The van der Waals surface area contributed by atoms with Crippen LogP contribution in [0.2, 0.25) is 0 Å². The maximum absolute atomic E-state index is 12.1. The Morgan fingerprint density at radius 2 is 2.10 bits per heavy atom. The monoisotopic (exact) mass is 290 g/mol. The molecule has 1 fully saturated rings. The number of rotatable bonds is 5. The minimum absolute atomic E-state index is 0.178. The molecule has 1 amide bonds. The molecule has 3 N–H and O–H groups in total. The van der Waals surface area contributed by atoms with E-state index in [1.807, 2.05) is 25.3 Å². The Bertz CT molecular complexity index is 464. The number of carbonyl (C=O) groups is 1. The van der Waals surface area contributed by atoms with Gasteiger partial charge in [-0.05, 0) is 44.7 Å². The Balaban J connectivity index is 1.97. The van der Waals surface area contributed by atoms with Crippen molar-refractivity contribution in [2.45, 2.75) is 51.5 Å². The zero-order chi connectivity index (χ0) is 15.3. The third-order valence-corrected chi connectivity index (χ3v) is 4.00. The second-order valence-electron chi connectivity index (χ2n) is 6.07. The van der Waals surface area contributed by atoms with Crippen LogP contribution in [-0.2, 0) is 4.79 Å². The zero-order valence-corrected chi connectivity index (χ0v) is 13.1. The largest absolute Gasteiger partial charge is 0.370 e. The first-order chi connectivity index (χ1) is 10.0. The van der Waals surface area contributed by atoms with Crippen LogP contribution in [0.5, 0.6) is 0 Å². The van der Waals surface area contributed by atoms with E-state index in [9.17, 15) is 4.79 Å². The van der Waals surface area contributed by atoms with Crippen LogP contribution in [0.3, 0.4) is 0 Å². The van der Waals surface area contributed by atoms with Crippen molar-refractivity contribution in [3.63, 3.8) is 0 Å². The number of aromatic nitrogens is 1. The van der Waals surface area contributed by atoms with Gasteiger partial charge in [0, 0.05) is 13.1 Å². The molecule has 21 heavy (non-hydrogen) atoms. The second kappa shape index (κ2) is 6.89. The predicted octanol–water partition coefficient (Wildman–Crippen LogP) is 2.53. The first-order valence-electron chi connectivity index (χ1n) is 7.84. The fourth-order valence-corrected chi connectivity index (χ4v) is 2.69. The molecule has 0 saturated carbocycles. The summed E-state index contributed by atoms with van der Waals surface area (Å²) in [7, 11) is 0. The Morgan fingerprint density at radius 3 is 2.67 bits per heavy atom. The average molecular weight is 290 g/mol. The van der Waals surface area contributed by atoms with Gasteiger partial charge in [-0.2, -0.15) is 0 Å². The maximum Gasteiger partial charge on any atom is 0.245 e. The third-order valence-electron chi connectivity index (χ3n) is 4.00. The highest BCUT2D eigenvalue weighted by Crippen LogP contribution is 2.20. The van der Waals surface area contributed by atoms with Crippen molar-refractivity contribution in [2.24, 2.45) is 5.73 Å². The number of nitrogens with two attached hydrogens (primary N) is 1. The van der Waals surface area contributed by atoms with Crippen molar-refractivity contribution in [1.82, 2.24) is 4.98 Å². The Hall–Kier alpha value is -1.62. The minimum Gasteiger partial charge on any atom is -0.370 e. The lowest BCUT2D eigenvalue weighted by Gasteiger charge is -2.28. The second-order valence-corrected chi connectivity index (χ2v) is 6.07. The molecular weight excluding hydrogens is 264 g/mol. The first kappa shape index (κ1) is 15.8. The normalized spacial score (nSPS) is 18.1. The number of piperidine rings is 1. The van der Waals surface area contributed by atoms with Gasteiger partial charge >= 0.3 is 0 Å². The van der Waals surface area contributed by atoms with Gasteiger partial charge in [0.25, 0.3) is 0 Å². The van der Waals surface area contributed by atoms with E-state index in [0.717, 1.165) is 25.2 Å². The topological polar surface area (TPSA) is 71.2 Å². The van der Waals surface area contributed by atoms with Crippen molar-refractivity contribution in [2.75, 3.05) is 23.3 Å². The molecule has 5 nitrogen and oxygen atoms in total. The van der Waals surface area contributed by atoms with Crippen LogP contribution in [0, 0.1) is 0 Å². The third kappa shape index (κ3) is 4.17. The number of nitrogens with zero attached hydrogens (tertiary/aromatic N) is 2. The number of pyridine rings is 1. The molecule has 1 aliphatic heterocycles. The molecule has 1 aliphatic rings. The fourth-order valence-electron chi connectivity index (χ4n) is 2.69. The van der Waals surface area contributed by atoms with Gasteiger partial charge < -0.3 is 16.0 Å². The molecule has 116 valence electrons. The first-order valence-corrected chi connectivity index (χ1v) is 7.84. The van der Waals surface area contributed by atoms with Gasteiger partial charge in [0.2, 0.25) is 5.91 Å². The van der Waals surface area contributed by atoms with Gasteiger partial charge in [-0.15, -0.1) is 0 Å². The quantitative estimate of drug-likeness (QED) is 0.874. The zero-order valence-electron chi connectivity index (χ0n) is 13.1. The minimum atomic E-state index is -0.845. The van der Waals surface area contributed by atoms with E-state index in [1.54, 1.807) is 6.92 Å². The number of nitrogens with one attached hydrogen (secondary N) is 1. The van der Waals surface area contributed by atoms with Crippen LogP contribution in [0.25, 0.3) is 0 Å². The number of anilines is 2. The molecule has 0 aliphatic carbocycles. The molecule has 0 bridgehead atoms. The Kier molecular flexibility index (Phi) is 5.17. The number of amides is 1. The van der Waals surface area contributed by atoms with Gasteiger partial charge in [0.05, 0.1) is 17.4 Å². The van der Waals surface area contributed by atoms with Crippen molar-refractivity contribution >= 4 is 17.4 Å². The summed E-state index contributed by atoms with van der Waals surface area (Å²) in [6.07, 6.45) is 7.15. The van der Waals surface area contributed by atoms with Gasteiger partial charge in [-0.3, -0.25) is 4.79 Å². The summed E-state index contributed by atoms with van der Waals surface area (Å²) in [6.45, 7) is 5.95. The van der Waals surface area contributed by atoms with Gasteiger partial charge in [-0.1, -0.05) is 13.3 Å². The summed E-state index contributed by atoms with van der Waals surface area (Å²) >= 11 is 0. The van der Waals surface area contributed by atoms with E-state index in [0.29, 0.717) is 12.2 Å². The van der Waals surface area contributed by atoms with E-state index in [4.69, 9.17) is 5.73 Å². The Morgan fingerprint density at radius 1 is 1.38 bits per heavy atom. The van der Waals surface area contributed by atoms with E-state index in [1.165, 1.54) is 19.3 Å². The van der Waals surface area contributed by atoms with Crippen molar-refractivity contribution in [1.29, 1.82) is 0 Å². The maximum atomic E-state index is 12.1. The molecule has 1 unspecified atom stereocenters. The van der Waals surface area contributed by atoms with Crippen LogP contribution in [0.15, 0.2) is 18.3 Å². The summed E-state index contributed by atoms with van der Waals surface area (Å²) in [4.78, 5) is 18.8. The molecule has 5 heteroatoms. The van der Waals surface area contributed by atoms with Gasteiger partial charge in [0.1, 0.15) is 5.82 Å². The van der Waals surface area contributed by atoms with Crippen molar-refractivity contribution in [3.05, 3.63) is 18.3 Å². The van der Waals surface area contributed by atoms with Gasteiger partial charge in [0.15, 0.2) is 0 Å². The highest BCUT2D eigenvalue weighted by atomic mass is 16.2. The molecule has 1 atom stereocenters. The molecule has 0 radical (unpaired) electrons. The lowest BCUT2D eigenvalue weighted by atomic mass is 9.96. The average Bonchev–Trinajstić information content (AvgIpc) is 2.49. The molecule has 2 rings (SSSR count). The smallest absolute Gasteiger partial charge is 0.245 e. The molecule has 2 heterocycles. The summed E-state index contributed by atoms with van der Waals surface area (Å²) in [5.41, 5.74) is 6.29. The van der Waals surface area contributed by atoms with Crippen molar-refractivity contribution in [3.8, 4) is 0 Å². The SMILES string of the molecule is CCCC(C)(N)C(=O)Nc1ccc(N2CCCCC2)cn1. The van der Waals surface area contributed by atoms with Crippen LogP contribution < -0.4 is 16.0 Å². The predicted molar refractivity (Wildman–Crippen MR) is 86.4 cm³/mol. The van der Waals surface area contributed by atoms with Crippen LogP contribution in [0.1, 0.15) is 46.0 Å². The molecule has 1 aromatic heterocycles. The fraction of sp³-hybridized carbons (Fsp3) is 0.625. The van der Waals surface area contributed by atoms with E-state index >= 15 is 0 Å². The number of hydrogen-bond donors (Lipinski definition) is 2. The van der Waals surface area contributed by atoms with E-state index in [-0.39, 0.29) is 5.91 Å². The number of hydrogen-bond acceptors (Lipinski definition) is 4. The molecule has 1 aromatic rings. The highest BCUT2D eigenvalue weighted by molar-refractivity contribution is 5.96. The summed E-state index contributed by atoms with van der Waals surface area (Å²) in [5, 5.41) is 2.80. The lowest BCUT2D eigenvalue weighted by molar-refractivity contribution is -0.120. The van der Waals surface area contributed by atoms with Crippen LogP contribution >= 0.6 is 0 Å².